The number of ether oxygens (including phenoxy) is 2. The van der Waals surface area contributed by atoms with Crippen LogP contribution in [0.5, 0.6) is 0 Å². The third-order valence-electron chi connectivity index (χ3n) is 5.09. The lowest BCUT2D eigenvalue weighted by molar-refractivity contribution is 0.0203. The summed E-state index contributed by atoms with van der Waals surface area (Å²) in [5.74, 6) is 1.49. The molecule has 3 rings (SSSR count). The molecule has 1 fully saturated rings. The van der Waals surface area contributed by atoms with Gasteiger partial charge >= 0.3 is 0 Å². The number of aromatic nitrogens is 2. The van der Waals surface area contributed by atoms with Crippen LogP contribution in [0.25, 0.3) is 0 Å². The highest BCUT2D eigenvalue weighted by atomic mass is 127. The van der Waals surface area contributed by atoms with Gasteiger partial charge in [-0.15, -0.1) is 24.0 Å². The number of halogens is 1. The van der Waals surface area contributed by atoms with Gasteiger partial charge in [-0.25, -0.2) is 4.99 Å². The van der Waals surface area contributed by atoms with Crippen LogP contribution in [0.2, 0.25) is 0 Å². The van der Waals surface area contributed by atoms with Gasteiger partial charge in [0.05, 0.1) is 19.3 Å². The number of benzene rings is 1. The van der Waals surface area contributed by atoms with Crippen molar-refractivity contribution in [3.05, 3.63) is 53.9 Å². The fourth-order valence-electron chi connectivity index (χ4n) is 3.40. The Morgan fingerprint density at radius 3 is 2.77 bits per heavy atom. The second-order valence-corrected chi connectivity index (χ2v) is 7.64. The number of rotatable bonds is 11. The molecule has 8 heteroatoms. The highest BCUT2D eigenvalue weighted by molar-refractivity contribution is 14.0. The summed E-state index contributed by atoms with van der Waals surface area (Å²) in [5.41, 5.74) is 2.34. The summed E-state index contributed by atoms with van der Waals surface area (Å²) in [6.45, 7) is 8.51. The maximum absolute atomic E-state index is 5.83. The highest BCUT2D eigenvalue weighted by Crippen LogP contribution is 2.14. The molecule has 7 nitrogen and oxygen atoms in total. The molecule has 0 unspecified atom stereocenters. The molecule has 1 aromatic carbocycles. The zero-order valence-electron chi connectivity index (χ0n) is 18.5. The smallest absolute Gasteiger partial charge is 0.191 e. The molecule has 0 aliphatic carbocycles. The number of nitrogens with zero attached hydrogens (tertiary/aromatic N) is 3. The third-order valence-corrected chi connectivity index (χ3v) is 5.09. The van der Waals surface area contributed by atoms with Crippen molar-refractivity contribution in [3.63, 3.8) is 0 Å². The molecule has 1 aromatic heterocycles. The summed E-state index contributed by atoms with van der Waals surface area (Å²) in [6, 6.07) is 10.4. The molecule has 172 valence electrons. The van der Waals surface area contributed by atoms with Crippen LogP contribution in [-0.4, -0.2) is 55.3 Å². The standard InChI is InChI=1S/C23H35N5O2.HI/c1-2-24-23(25-11-6-12-30-19-21-9-13-29-14-10-21)26-15-22-16-27-28(18-22)17-20-7-4-3-5-8-20;/h3-5,7-8,16,18,21H,2,6,9-15,17,19H2,1H3,(H2,24,25,26);1H. The van der Waals surface area contributed by atoms with Crippen LogP contribution < -0.4 is 10.6 Å². The second-order valence-electron chi connectivity index (χ2n) is 7.64. The molecule has 0 saturated carbocycles. The van der Waals surface area contributed by atoms with Gasteiger partial charge in [0.2, 0.25) is 0 Å². The lowest BCUT2D eigenvalue weighted by Gasteiger charge is -2.21. The Bertz CT molecular complexity index is 747. The highest BCUT2D eigenvalue weighted by Gasteiger charge is 2.13. The molecule has 2 N–H and O–H groups in total. The number of aliphatic imine (C=N–C) groups is 1. The third kappa shape index (κ3) is 10.0. The Hall–Kier alpha value is -1.65. The van der Waals surface area contributed by atoms with Crippen LogP contribution in [0, 0.1) is 5.92 Å². The molecule has 1 saturated heterocycles. The van der Waals surface area contributed by atoms with E-state index in [-0.39, 0.29) is 24.0 Å². The first-order valence-electron chi connectivity index (χ1n) is 11.1. The maximum Gasteiger partial charge on any atom is 0.191 e. The molecule has 2 aromatic rings. The molecule has 0 bridgehead atoms. The Kier molecular flexibility index (Phi) is 12.6. The van der Waals surface area contributed by atoms with Gasteiger partial charge in [0.25, 0.3) is 0 Å². The van der Waals surface area contributed by atoms with Gasteiger partial charge in [-0.2, -0.15) is 5.10 Å². The van der Waals surface area contributed by atoms with E-state index in [0.717, 1.165) is 76.8 Å². The zero-order chi connectivity index (χ0) is 20.9. The maximum atomic E-state index is 5.83. The van der Waals surface area contributed by atoms with E-state index >= 15 is 0 Å². The molecule has 1 aliphatic heterocycles. The lowest BCUT2D eigenvalue weighted by atomic mass is 10.0. The van der Waals surface area contributed by atoms with Crippen molar-refractivity contribution in [1.29, 1.82) is 0 Å². The second kappa shape index (κ2) is 15.2. The summed E-state index contributed by atoms with van der Waals surface area (Å²) in [4.78, 5) is 4.68. The van der Waals surface area contributed by atoms with Gasteiger partial charge < -0.3 is 20.1 Å². The number of hydrogen-bond acceptors (Lipinski definition) is 4. The average molecular weight is 541 g/mol. The minimum absolute atomic E-state index is 0. The van der Waals surface area contributed by atoms with Crippen molar-refractivity contribution in [2.24, 2.45) is 10.9 Å². The zero-order valence-corrected chi connectivity index (χ0v) is 20.8. The van der Waals surface area contributed by atoms with Crippen molar-refractivity contribution in [2.75, 3.05) is 39.5 Å². The van der Waals surface area contributed by atoms with Crippen molar-refractivity contribution in [3.8, 4) is 0 Å². The quantitative estimate of drug-likeness (QED) is 0.198. The van der Waals surface area contributed by atoms with E-state index in [0.29, 0.717) is 12.5 Å². The van der Waals surface area contributed by atoms with Crippen molar-refractivity contribution < 1.29 is 9.47 Å². The fourth-order valence-corrected chi connectivity index (χ4v) is 3.40. The molecular weight excluding hydrogens is 505 g/mol. The monoisotopic (exact) mass is 541 g/mol. The van der Waals surface area contributed by atoms with Gasteiger partial charge in [0.1, 0.15) is 0 Å². The molecule has 0 radical (unpaired) electrons. The van der Waals surface area contributed by atoms with E-state index in [9.17, 15) is 0 Å². The average Bonchev–Trinajstić information content (AvgIpc) is 3.23. The first kappa shape index (κ1) is 25.6. The van der Waals surface area contributed by atoms with Gasteiger partial charge in [-0.1, -0.05) is 30.3 Å². The fraction of sp³-hybridized carbons (Fsp3) is 0.565. The lowest BCUT2D eigenvalue weighted by Crippen LogP contribution is -2.38. The van der Waals surface area contributed by atoms with E-state index in [2.05, 4.69) is 58.1 Å². The van der Waals surface area contributed by atoms with E-state index in [4.69, 9.17) is 9.47 Å². The summed E-state index contributed by atoms with van der Waals surface area (Å²) < 4.78 is 13.2. The van der Waals surface area contributed by atoms with Crippen LogP contribution in [0.3, 0.4) is 0 Å². The van der Waals surface area contributed by atoms with Crippen LogP contribution in [0.4, 0.5) is 0 Å². The Balaban J connectivity index is 0.00000341. The molecule has 2 heterocycles. The minimum atomic E-state index is 0. The number of nitrogens with one attached hydrogen (secondary N) is 2. The first-order valence-corrected chi connectivity index (χ1v) is 11.1. The van der Waals surface area contributed by atoms with Crippen LogP contribution in [0.15, 0.2) is 47.7 Å². The topological polar surface area (TPSA) is 72.7 Å². The SMILES string of the molecule is CCNC(=NCc1cnn(Cc2ccccc2)c1)NCCCOCC1CCOCC1.I. The Morgan fingerprint density at radius 1 is 1.19 bits per heavy atom. The van der Waals surface area contributed by atoms with Gasteiger partial charge in [0.15, 0.2) is 5.96 Å². The van der Waals surface area contributed by atoms with Crippen molar-refractivity contribution in [2.45, 2.75) is 39.3 Å². The van der Waals surface area contributed by atoms with Crippen LogP contribution in [0.1, 0.15) is 37.3 Å². The predicted molar refractivity (Wildman–Crippen MR) is 135 cm³/mol. The molecule has 31 heavy (non-hydrogen) atoms. The number of guanidine groups is 1. The van der Waals surface area contributed by atoms with Crippen molar-refractivity contribution >= 4 is 29.9 Å². The van der Waals surface area contributed by atoms with E-state index < -0.39 is 0 Å². The summed E-state index contributed by atoms with van der Waals surface area (Å²) in [5, 5.41) is 11.1. The molecule has 0 spiro atoms. The summed E-state index contributed by atoms with van der Waals surface area (Å²) in [7, 11) is 0. The van der Waals surface area contributed by atoms with Gasteiger partial charge in [-0.05, 0) is 37.7 Å². The minimum Gasteiger partial charge on any atom is -0.381 e. The molecular formula is C23H36IN5O2. The van der Waals surface area contributed by atoms with Crippen LogP contribution >= 0.6 is 24.0 Å². The predicted octanol–water partition coefficient (Wildman–Crippen LogP) is 3.44. The largest absolute Gasteiger partial charge is 0.381 e. The van der Waals surface area contributed by atoms with Gasteiger partial charge in [0, 0.05) is 51.3 Å². The summed E-state index contributed by atoms with van der Waals surface area (Å²) >= 11 is 0. The summed E-state index contributed by atoms with van der Waals surface area (Å²) in [6.07, 6.45) is 7.15. The van der Waals surface area contributed by atoms with Gasteiger partial charge in [-0.3, -0.25) is 4.68 Å². The normalized spacial score (nSPS) is 14.8. The number of hydrogen-bond donors (Lipinski definition) is 2. The van der Waals surface area contributed by atoms with E-state index in [1.807, 2.05) is 16.9 Å². The van der Waals surface area contributed by atoms with E-state index in [1.165, 1.54) is 5.56 Å². The van der Waals surface area contributed by atoms with Crippen molar-refractivity contribution in [1.82, 2.24) is 20.4 Å². The Morgan fingerprint density at radius 2 is 2.00 bits per heavy atom. The molecule has 0 atom stereocenters. The first-order chi connectivity index (χ1) is 14.8. The van der Waals surface area contributed by atoms with E-state index in [1.54, 1.807) is 0 Å². The molecule has 0 amide bonds. The Labute approximate surface area is 203 Å². The molecule has 1 aliphatic rings. The van der Waals surface area contributed by atoms with Crippen LogP contribution in [-0.2, 0) is 22.6 Å².